The number of carboxylic acids is 2. The van der Waals surface area contributed by atoms with Gasteiger partial charge < -0.3 is 40.9 Å². The summed E-state index contributed by atoms with van der Waals surface area (Å²) in [6.45, 7) is 21.2. The predicted octanol–water partition coefficient (Wildman–Crippen LogP) is -6.49. The molecule has 0 bridgehead atoms. The van der Waals surface area contributed by atoms with E-state index in [4.69, 9.17) is 58.6 Å². The number of halogens is 12. The van der Waals surface area contributed by atoms with Crippen molar-refractivity contribution in [3.05, 3.63) is 0 Å². The summed E-state index contributed by atoms with van der Waals surface area (Å²) in [6.07, 6.45) is 25.6. The van der Waals surface area contributed by atoms with E-state index in [9.17, 15) is 66.5 Å². The number of hydrogen-bond donors (Lipinski definition) is 2. The van der Waals surface area contributed by atoms with Gasteiger partial charge in [-0.1, -0.05) is 185 Å². The van der Waals surface area contributed by atoms with Crippen LogP contribution in [0.4, 0.5) is 52.0 Å². The number of aliphatic carboxylic acids is 2. The molecule has 0 spiro atoms. The van der Waals surface area contributed by atoms with Crippen LogP contribution < -0.4 is 128 Å². The number of carbonyl (C=O) groups is 7. The van der Waals surface area contributed by atoms with Crippen LogP contribution in [0.2, 0.25) is 0 Å². The van der Waals surface area contributed by atoms with Crippen LogP contribution in [0.1, 0.15) is 262 Å². The summed E-state index contributed by atoms with van der Waals surface area (Å²) in [4.78, 5) is 139. The molecule has 0 aliphatic carbocycles. The van der Waals surface area contributed by atoms with Gasteiger partial charge in [0, 0.05) is 12.8 Å². The van der Waals surface area contributed by atoms with E-state index in [0.29, 0.717) is 38.5 Å². The number of carbonyl (C=O) groups excluding carboxylic acids is 11. The maximum Gasteiger partial charge on any atom is 1.00 e. The second-order valence-corrected chi connectivity index (χ2v) is 18.6. The quantitative estimate of drug-likeness (QED) is 0.0184. The second kappa shape index (κ2) is 124. The average Bonchev–Trinajstić information content (AvgIpc) is 3.34. The number of hydrogen-bond acceptors (Lipinski definition) is 21. The molecule has 0 rings (SSSR count). The summed E-state index contributed by atoms with van der Waals surface area (Å²) in [5.74, 6) is -3.21. The molecule has 0 aromatic heterocycles. The molecule has 0 saturated heterocycles. The molecule has 540 valence electrons. The Kier molecular flexibility index (Phi) is 211. The normalized spacial score (nSPS) is 8.67. The van der Waals surface area contributed by atoms with Crippen LogP contribution in [-0.2, 0) is 81.6 Å². The first-order valence-corrected chi connectivity index (χ1v) is 30.0. The molecule has 0 aromatic rings. The Morgan fingerprint density at radius 1 is 0.362 bits per heavy atom. The first kappa shape index (κ1) is 160. The summed E-state index contributed by atoms with van der Waals surface area (Å²) < 4.78 is 97.1. The van der Waals surface area contributed by atoms with Crippen LogP contribution in [0.5, 0.6) is 0 Å². The van der Waals surface area contributed by atoms with Gasteiger partial charge in [0.05, 0.1) is 25.7 Å². The SMILES string of the molecule is CCCCC.CCCCC.CCCCCC(=O)O.CCCCCC(=O)O.CCCCCC(=O)OOC(=O)CCCCC.CCCCCC(=O)OOC(=O)CCCCC.F.F.F[P-](F)(F)(F)(F)F.O.O=C([O-])[O-].O=C=O.O=C=O.O=C=O.O=P(F)(F)F.[F-].[Li+].[Li+].[Li+].[Li+].[Li+].[Li+].[OH-]. The molecule has 0 aliphatic rings. The first-order chi connectivity index (χ1) is 38.2. The zero-order valence-electron chi connectivity index (χ0n) is 57.7. The van der Waals surface area contributed by atoms with Gasteiger partial charge in [-0.2, -0.15) is 28.8 Å². The third-order valence-electron chi connectivity index (χ3n) is 7.80. The molecule has 5 N–H and O–H groups in total. The van der Waals surface area contributed by atoms with Crippen LogP contribution in [0.25, 0.3) is 0 Å². The van der Waals surface area contributed by atoms with Gasteiger partial charge in [-0.15, -0.1) is 12.6 Å². The minimum absolute atomic E-state index is 0. The van der Waals surface area contributed by atoms with Crippen molar-refractivity contribution in [3.8, 4) is 0 Å². The van der Waals surface area contributed by atoms with Gasteiger partial charge in [-0.05, 0) is 44.7 Å². The molecule has 0 heterocycles. The van der Waals surface area contributed by atoms with Gasteiger partial charge in [-0.25, -0.2) is 43.3 Å². The third-order valence-corrected chi connectivity index (χ3v) is 7.80. The van der Waals surface area contributed by atoms with E-state index in [1.165, 1.54) is 38.5 Å². The third kappa shape index (κ3) is 407. The molecule has 0 saturated carbocycles. The Morgan fingerprint density at radius 2 is 0.457 bits per heavy atom. The molecule has 0 aromatic carbocycles. The predicted molar refractivity (Wildman–Crippen MR) is 290 cm³/mol. The molecular formula is C50H97F12Li6O24P2+. The van der Waals surface area contributed by atoms with E-state index in [1.54, 1.807) is 0 Å². The maximum absolute atomic E-state index is 11.1. The molecule has 94 heavy (non-hydrogen) atoms. The fourth-order valence-corrected chi connectivity index (χ4v) is 4.19. The topological polar surface area (TPSA) is 424 Å². The molecule has 0 atom stereocenters. The second-order valence-electron chi connectivity index (χ2n) is 15.9. The summed E-state index contributed by atoms with van der Waals surface area (Å²) >= 11 is 0. The van der Waals surface area contributed by atoms with Gasteiger partial charge >= 0.3 is 208 Å². The molecule has 0 aliphatic heterocycles. The van der Waals surface area contributed by atoms with Gasteiger partial charge in [0.1, 0.15) is 0 Å². The van der Waals surface area contributed by atoms with E-state index in [0.717, 1.165) is 116 Å². The van der Waals surface area contributed by atoms with Crippen molar-refractivity contribution in [1.82, 2.24) is 0 Å². The van der Waals surface area contributed by atoms with Crippen LogP contribution >= 0.6 is 15.9 Å². The van der Waals surface area contributed by atoms with Crippen molar-refractivity contribution < 1.29 is 283 Å². The Hall–Kier alpha value is -2.45. The van der Waals surface area contributed by atoms with E-state index >= 15 is 0 Å². The standard InChI is InChI=1S/2C12H22O4.2C6H12O2.2C5H12.CH2O3.3CO2.F6P.F3OP.3FH.6Li.2H2O/c2*1-3-5-7-9-11(13)15-16-12(14)10-8-6-4-2;2*1-2-3-4-5-6(7)8;2*1-3-5-4-2;2-1(3)4;3*2-1-3;1-7(2,3,4,5)6;1-5(2,3)4;;;;;;;;;;;/h2*3-10H2,1-2H3;2*2-5H2,1H3,(H,7,8);2*3-5H2,1-2H3;(H2,2,3,4);;;;;;3*1H;;;;;;;2*1H2/q;;;;;;;;;;-1;;;;;6*+1;;/p-4. The summed E-state index contributed by atoms with van der Waals surface area (Å²) in [5.41, 5.74) is 0. The molecular weight excluding hydrogens is 1320 g/mol. The Balaban J connectivity index is -0.0000000288. The largest absolute Gasteiger partial charge is 1.00 e. The van der Waals surface area contributed by atoms with Crippen LogP contribution in [0.3, 0.4) is 0 Å². The van der Waals surface area contributed by atoms with Crippen molar-refractivity contribution in [1.29, 1.82) is 0 Å². The Labute approximate surface area is 616 Å². The number of unbranched alkanes of at least 4 members (excludes halogenated alkanes) is 16. The fraction of sp³-hybridized carbons (Fsp3) is 0.800. The van der Waals surface area contributed by atoms with Crippen molar-refractivity contribution in [2.75, 3.05) is 0 Å². The Morgan fingerprint density at radius 3 is 0.532 bits per heavy atom. The minimum atomic E-state index is -10.7. The fourth-order valence-electron chi connectivity index (χ4n) is 4.19. The van der Waals surface area contributed by atoms with Crippen LogP contribution in [0.15, 0.2) is 0 Å². The van der Waals surface area contributed by atoms with Crippen molar-refractivity contribution in [2.24, 2.45) is 0 Å². The smallest absolute Gasteiger partial charge is 1.00 e. The Bertz CT molecular complexity index is 1520. The van der Waals surface area contributed by atoms with Gasteiger partial charge in [0.15, 0.2) is 0 Å². The van der Waals surface area contributed by atoms with Gasteiger partial charge in [0.25, 0.3) is 0 Å². The zero-order chi connectivity index (χ0) is 68.1. The van der Waals surface area contributed by atoms with E-state index in [1.807, 2.05) is 0 Å². The van der Waals surface area contributed by atoms with Crippen LogP contribution in [0, 0.1) is 0 Å². The zero-order valence-corrected chi connectivity index (χ0v) is 59.5. The monoisotopic (exact) mass is 1410 g/mol. The summed E-state index contributed by atoms with van der Waals surface area (Å²) in [7, 11) is -16.8. The summed E-state index contributed by atoms with van der Waals surface area (Å²) in [6, 6.07) is 0. The van der Waals surface area contributed by atoms with E-state index in [-0.39, 0.29) is 157 Å². The minimum Gasteiger partial charge on any atom is -1.00 e. The summed E-state index contributed by atoms with van der Waals surface area (Å²) in [5, 5.41) is 32.9. The number of carboxylic acid groups (broad SMARTS) is 4. The average molecular weight is 1410 g/mol. The van der Waals surface area contributed by atoms with Gasteiger partial charge in [-0.3, -0.25) is 19.0 Å². The van der Waals surface area contributed by atoms with E-state index in [2.05, 4.69) is 88.8 Å². The van der Waals surface area contributed by atoms with Gasteiger partial charge in [0.2, 0.25) is 0 Å². The van der Waals surface area contributed by atoms with Crippen molar-refractivity contribution in [3.63, 3.8) is 0 Å². The molecule has 44 heteroatoms. The van der Waals surface area contributed by atoms with Crippen molar-refractivity contribution >= 4 is 76.3 Å². The van der Waals surface area contributed by atoms with Crippen molar-refractivity contribution in [2.45, 2.75) is 262 Å². The van der Waals surface area contributed by atoms with Crippen LogP contribution in [-0.4, -0.2) is 81.6 Å². The molecule has 0 fully saturated rings. The molecule has 0 unspecified atom stereocenters. The number of rotatable bonds is 28. The molecule has 0 radical (unpaired) electrons. The molecule has 0 amide bonds. The first-order valence-electron chi connectivity index (χ1n) is 26.6. The maximum atomic E-state index is 11.1. The van der Waals surface area contributed by atoms with E-state index < -0.39 is 57.9 Å². The molecule has 24 nitrogen and oxygen atoms in total.